The van der Waals surface area contributed by atoms with Gasteiger partial charge in [-0.1, -0.05) is 72.8 Å². The van der Waals surface area contributed by atoms with Crippen molar-refractivity contribution in [2.75, 3.05) is 0 Å². The number of furan rings is 2. The first-order chi connectivity index (χ1) is 23.8. The number of benzene rings is 5. The number of aromatic nitrogens is 4. The predicted molar refractivity (Wildman–Crippen MR) is 190 cm³/mol. The molecule has 7 heteroatoms. The van der Waals surface area contributed by atoms with Crippen LogP contribution in [0.25, 0.3) is 99.1 Å². The number of fused-ring (bicyclic) bond motifs is 12. The second kappa shape index (κ2) is 9.09. The van der Waals surface area contributed by atoms with E-state index in [1.807, 2.05) is 48.8 Å². The van der Waals surface area contributed by atoms with Gasteiger partial charge in [0.1, 0.15) is 11.6 Å². The molecular formula is C41H21N5O2. The van der Waals surface area contributed by atoms with Crippen LogP contribution in [0.4, 0.5) is 0 Å². The van der Waals surface area contributed by atoms with Crippen LogP contribution in [-0.4, -0.2) is 19.1 Å². The van der Waals surface area contributed by atoms with Crippen LogP contribution in [-0.2, 0) is 0 Å². The summed E-state index contributed by atoms with van der Waals surface area (Å²) in [6, 6.07) is 41.7. The zero-order valence-corrected chi connectivity index (χ0v) is 25.2. The molecule has 0 unspecified atom stereocenters. The molecule has 0 saturated carbocycles. The molecule has 0 aliphatic heterocycles. The summed E-state index contributed by atoms with van der Waals surface area (Å²) in [7, 11) is 0. The quantitative estimate of drug-likeness (QED) is 0.193. The number of hydrogen-bond donors (Lipinski definition) is 0. The van der Waals surface area contributed by atoms with Gasteiger partial charge < -0.3 is 8.83 Å². The summed E-state index contributed by atoms with van der Waals surface area (Å²) < 4.78 is 17.6. The summed E-state index contributed by atoms with van der Waals surface area (Å²) in [6.45, 7) is 0. The molecule has 5 aromatic carbocycles. The Kier molecular flexibility index (Phi) is 4.79. The first-order valence-electron chi connectivity index (χ1n) is 15.7. The highest BCUT2D eigenvalue weighted by molar-refractivity contribution is 6.20. The molecule has 0 radical (unpaired) electrons. The first kappa shape index (κ1) is 25.3. The average molecular weight is 616 g/mol. The Balaban J connectivity index is 1.22. The molecule has 0 amide bonds. The third-order valence-corrected chi connectivity index (χ3v) is 9.69. The van der Waals surface area contributed by atoms with Crippen LogP contribution in [0, 0.1) is 11.3 Å². The Bertz CT molecular complexity index is 2890. The lowest BCUT2D eigenvalue weighted by Gasteiger charge is -2.07. The largest absolute Gasteiger partial charge is 0.451 e. The van der Waals surface area contributed by atoms with E-state index in [2.05, 4.69) is 94.1 Å². The van der Waals surface area contributed by atoms with Gasteiger partial charge in [-0.25, -0.2) is 9.97 Å². The molecule has 0 atom stereocenters. The van der Waals surface area contributed by atoms with E-state index in [9.17, 15) is 5.26 Å². The van der Waals surface area contributed by atoms with Crippen LogP contribution in [0.1, 0.15) is 5.56 Å². The third kappa shape index (κ3) is 3.11. The SMILES string of the molecule is N#Cc1c2oc3c(-n4c5ccccc5c5ccccc54)nccc3c2cc2c1oc1c(-n3c4ccccc4c4ccccc43)nccc12. The summed E-state index contributed by atoms with van der Waals surface area (Å²) in [5, 5.41) is 18.6. The number of nitrogens with zero attached hydrogens (tertiary/aromatic N) is 5. The highest BCUT2D eigenvalue weighted by Crippen LogP contribution is 2.43. The molecule has 0 aliphatic rings. The van der Waals surface area contributed by atoms with Gasteiger partial charge in [-0.2, -0.15) is 5.26 Å². The average Bonchev–Trinajstić information content (AvgIpc) is 3.89. The number of rotatable bonds is 2. The minimum absolute atomic E-state index is 0.344. The van der Waals surface area contributed by atoms with Crippen molar-refractivity contribution in [1.82, 2.24) is 19.1 Å². The van der Waals surface area contributed by atoms with E-state index in [-0.39, 0.29) is 0 Å². The molecule has 222 valence electrons. The number of pyridine rings is 2. The van der Waals surface area contributed by atoms with E-state index in [1.165, 1.54) is 0 Å². The lowest BCUT2D eigenvalue weighted by atomic mass is 10.0. The fraction of sp³-hybridized carbons (Fsp3) is 0. The molecule has 11 aromatic rings. The highest BCUT2D eigenvalue weighted by atomic mass is 16.3. The van der Waals surface area contributed by atoms with Gasteiger partial charge >= 0.3 is 0 Å². The lowest BCUT2D eigenvalue weighted by molar-refractivity contribution is 0.649. The zero-order valence-electron chi connectivity index (χ0n) is 25.2. The fourth-order valence-electron chi connectivity index (χ4n) is 7.69. The van der Waals surface area contributed by atoms with E-state index < -0.39 is 0 Å². The van der Waals surface area contributed by atoms with Crippen molar-refractivity contribution in [3.8, 4) is 17.7 Å². The van der Waals surface area contributed by atoms with Crippen molar-refractivity contribution in [2.24, 2.45) is 0 Å². The van der Waals surface area contributed by atoms with Gasteiger partial charge in [0, 0.05) is 55.5 Å². The molecule has 48 heavy (non-hydrogen) atoms. The first-order valence-corrected chi connectivity index (χ1v) is 15.7. The van der Waals surface area contributed by atoms with Gasteiger partial charge in [-0.15, -0.1) is 0 Å². The highest BCUT2D eigenvalue weighted by Gasteiger charge is 2.25. The minimum Gasteiger partial charge on any atom is -0.451 e. The van der Waals surface area contributed by atoms with Gasteiger partial charge in [0.2, 0.25) is 0 Å². The molecular weight excluding hydrogens is 594 g/mol. The molecule has 6 heterocycles. The second-order valence-electron chi connectivity index (χ2n) is 12.1. The van der Waals surface area contributed by atoms with Crippen molar-refractivity contribution in [1.29, 1.82) is 5.26 Å². The van der Waals surface area contributed by atoms with E-state index >= 15 is 0 Å². The van der Waals surface area contributed by atoms with Crippen LogP contribution in [0.2, 0.25) is 0 Å². The maximum atomic E-state index is 10.6. The maximum absolute atomic E-state index is 10.6. The molecule has 0 bridgehead atoms. The van der Waals surface area contributed by atoms with Crippen LogP contribution in [0.15, 0.2) is 136 Å². The molecule has 7 nitrogen and oxygen atoms in total. The monoisotopic (exact) mass is 615 g/mol. The number of para-hydroxylation sites is 4. The van der Waals surface area contributed by atoms with Gasteiger partial charge in [-0.05, 0) is 42.5 Å². The van der Waals surface area contributed by atoms with Crippen molar-refractivity contribution in [2.45, 2.75) is 0 Å². The third-order valence-electron chi connectivity index (χ3n) is 9.69. The summed E-state index contributed by atoms with van der Waals surface area (Å²) in [6.07, 6.45) is 3.62. The Morgan fingerprint density at radius 1 is 0.438 bits per heavy atom. The van der Waals surface area contributed by atoms with Crippen molar-refractivity contribution >= 4 is 87.5 Å². The van der Waals surface area contributed by atoms with Crippen molar-refractivity contribution < 1.29 is 8.83 Å². The predicted octanol–water partition coefficient (Wildman–Crippen LogP) is 10.3. The smallest absolute Gasteiger partial charge is 0.181 e. The normalized spacial score (nSPS) is 12.1. The van der Waals surface area contributed by atoms with E-state index in [0.717, 1.165) is 65.2 Å². The van der Waals surface area contributed by atoms with Crippen LogP contribution >= 0.6 is 0 Å². The molecule has 0 spiro atoms. The Labute approximate surface area is 271 Å². The molecule has 0 fully saturated rings. The number of hydrogen-bond acceptors (Lipinski definition) is 5. The van der Waals surface area contributed by atoms with Crippen molar-refractivity contribution in [3.63, 3.8) is 0 Å². The molecule has 11 rings (SSSR count). The maximum Gasteiger partial charge on any atom is 0.181 e. The summed E-state index contributed by atoms with van der Waals surface area (Å²) in [4.78, 5) is 9.70. The standard InChI is InChI=1S/C41H21N5O2/c42-22-31-36-29(27-17-19-43-40(38(27)47-36)45-32-13-5-1-9-23(32)24-10-2-6-14-33(24)45)21-30-28-18-20-44-41(39(28)48-37(30)31)46-34-15-7-3-11-25(34)26-12-4-8-16-35(26)46/h1-21H. The summed E-state index contributed by atoms with van der Waals surface area (Å²) >= 11 is 0. The molecule has 0 aliphatic carbocycles. The second-order valence-corrected chi connectivity index (χ2v) is 12.1. The van der Waals surface area contributed by atoms with E-state index in [4.69, 9.17) is 18.8 Å². The molecule has 0 N–H and O–H groups in total. The Morgan fingerprint density at radius 3 is 1.19 bits per heavy atom. The fourth-order valence-corrected chi connectivity index (χ4v) is 7.69. The van der Waals surface area contributed by atoms with Crippen LogP contribution in [0.5, 0.6) is 0 Å². The van der Waals surface area contributed by atoms with Crippen LogP contribution in [0.3, 0.4) is 0 Å². The lowest BCUT2D eigenvalue weighted by Crippen LogP contribution is -1.97. The van der Waals surface area contributed by atoms with E-state index in [1.54, 1.807) is 0 Å². The molecule has 6 aromatic heterocycles. The minimum atomic E-state index is 0.344. The zero-order chi connectivity index (χ0) is 31.5. The van der Waals surface area contributed by atoms with Crippen LogP contribution < -0.4 is 0 Å². The summed E-state index contributed by atoms with van der Waals surface area (Å²) in [5.41, 5.74) is 6.64. The van der Waals surface area contributed by atoms with Crippen molar-refractivity contribution in [3.05, 3.63) is 133 Å². The molecule has 0 saturated heterocycles. The van der Waals surface area contributed by atoms with Gasteiger partial charge in [0.05, 0.1) is 22.1 Å². The van der Waals surface area contributed by atoms with E-state index in [0.29, 0.717) is 39.5 Å². The Morgan fingerprint density at radius 2 is 0.812 bits per heavy atom. The Hall–Kier alpha value is -6.91. The van der Waals surface area contributed by atoms with Gasteiger partial charge in [-0.3, -0.25) is 9.13 Å². The number of nitriles is 1. The van der Waals surface area contributed by atoms with Gasteiger partial charge in [0.25, 0.3) is 0 Å². The van der Waals surface area contributed by atoms with Gasteiger partial charge in [0.15, 0.2) is 34.0 Å². The topological polar surface area (TPSA) is 85.7 Å². The summed E-state index contributed by atoms with van der Waals surface area (Å²) in [5.74, 6) is 1.34.